The van der Waals surface area contributed by atoms with Crippen molar-refractivity contribution < 1.29 is 27.5 Å². The van der Waals surface area contributed by atoms with Gasteiger partial charge in [-0.25, -0.2) is 9.07 Å². The van der Waals surface area contributed by atoms with Gasteiger partial charge in [0.2, 0.25) is 0 Å². The molecule has 128 valence electrons. The number of hydrogen-bond acceptors (Lipinski definition) is 3. The van der Waals surface area contributed by atoms with Crippen LogP contribution in [0.3, 0.4) is 0 Å². The molecule has 1 aromatic carbocycles. The lowest BCUT2D eigenvalue weighted by molar-refractivity contribution is -0.253. The van der Waals surface area contributed by atoms with Crippen molar-refractivity contribution in [3.05, 3.63) is 48.0 Å². The Morgan fingerprint density at radius 2 is 1.96 bits per heavy atom. The molecule has 2 aromatic rings. The molecule has 24 heavy (non-hydrogen) atoms. The molecule has 5 nitrogen and oxygen atoms in total. The minimum absolute atomic E-state index is 0.116. The second-order valence-corrected chi connectivity index (χ2v) is 5.60. The van der Waals surface area contributed by atoms with Gasteiger partial charge in [-0.3, -0.25) is 4.79 Å². The number of amides is 1. The molecule has 1 amide bonds. The summed E-state index contributed by atoms with van der Waals surface area (Å²) in [6.07, 6.45) is -4.05. The zero-order valence-corrected chi connectivity index (χ0v) is 12.3. The molecule has 0 aliphatic carbocycles. The van der Waals surface area contributed by atoms with Crippen molar-refractivity contribution in [3.8, 4) is 5.69 Å². The number of alkyl halides is 3. The van der Waals surface area contributed by atoms with Crippen molar-refractivity contribution in [2.75, 3.05) is 13.1 Å². The lowest BCUT2D eigenvalue weighted by atomic mass is 10.0. The predicted molar refractivity (Wildman–Crippen MR) is 75.0 cm³/mol. The number of hydrogen-bond donors (Lipinski definition) is 1. The summed E-state index contributed by atoms with van der Waals surface area (Å²) in [6.45, 7) is -1.08. The zero-order valence-electron chi connectivity index (χ0n) is 12.3. The van der Waals surface area contributed by atoms with Crippen LogP contribution in [0.15, 0.2) is 36.5 Å². The number of aliphatic hydroxyl groups is 1. The van der Waals surface area contributed by atoms with Gasteiger partial charge in [0.1, 0.15) is 11.5 Å². The molecule has 1 aromatic heterocycles. The fourth-order valence-corrected chi connectivity index (χ4v) is 2.57. The minimum atomic E-state index is -4.81. The Bertz CT molecular complexity index is 774. The normalized spacial score (nSPS) is 21.3. The highest BCUT2D eigenvalue weighted by Crippen LogP contribution is 2.37. The van der Waals surface area contributed by atoms with Gasteiger partial charge in [-0.1, -0.05) is 12.1 Å². The standard InChI is InChI=1S/C15H13F4N3O2/c16-10-3-1-2-4-12(10)22-7-5-11(20-22)13(23)21-8-6-14(24,9-21)15(17,18)19/h1-5,7,24H,6,8-9H2/t14-/m0/s1. The molecule has 0 spiro atoms. The first-order valence-corrected chi connectivity index (χ1v) is 7.10. The molecule has 0 unspecified atom stereocenters. The molecule has 1 atom stereocenters. The van der Waals surface area contributed by atoms with Gasteiger partial charge < -0.3 is 10.0 Å². The van der Waals surface area contributed by atoms with E-state index < -0.39 is 36.5 Å². The number of carbonyl (C=O) groups excluding carboxylic acids is 1. The molecule has 1 N–H and O–H groups in total. The molecule has 1 fully saturated rings. The van der Waals surface area contributed by atoms with E-state index >= 15 is 0 Å². The van der Waals surface area contributed by atoms with Gasteiger partial charge in [0.05, 0.1) is 6.54 Å². The zero-order chi connectivity index (χ0) is 17.5. The smallest absolute Gasteiger partial charge is 0.379 e. The van der Waals surface area contributed by atoms with Crippen molar-refractivity contribution in [1.82, 2.24) is 14.7 Å². The van der Waals surface area contributed by atoms with E-state index in [0.717, 1.165) is 9.58 Å². The van der Waals surface area contributed by atoms with Crippen LogP contribution in [0.4, 0.5) is 17.6 Å². The van der Waals surface area contributed by atoms with Crippen LogP contribution in [0, 0.1) is 5.82 Å². The van der Waals surface area contributed by atoms with Gasteiger partial charge in [0.15, 0.2) is 11.3 Å². The fraction of sp³-hybridized carbons (Fsp3) is 0.333. The third kappa shape index (κ3) is 2.75. The second kappa shape index (κ2) is 5.59. The molecule has 9 heteroatoms. The summed E-state index contributed by atoms with van der Waals surface area (Å²) in [6, 6.07) is 7.05. The predicted octanol–water partition coefficient (Wildman–Crippen LogP) is 2.15. The number of rotatable bonds is 2. The average molecular weight is 343 g/mol. The summed E-state index contributed by atoms with van der Waals surface area (Å²) in [5, 5.41) is 13.5. The molecular weight excluding hydrogens is 330 g/mol. The van der Waals surface area contributed by atoms with Crippen molar-refractivity contribution >= 4 is 5.91 Å². The molecule has 0 saturated carbocycles. The van der Waals surface area contributed by atoms with E-state index in [0.29, 0.717) is 0 Å². The number of aromatic nitrogens is 2. The lowest BCUT2D eigenvalue weighted by Crippen LogP contribution is -2.48. The van der Waals surface area contributed by atoms with Crippen LogP contribution in [0.25, 0.3) is 5.69 Å². The topological polar surface area (TPSA) is 58.4 Å². The van der Waals surface area contributed by atoms with Crippen LogP contribution >= 0.6 is 0 Å². The first-order valence-electron chi connectivity index (χ1n) is 7.10. The van der Waals surface area contributed by atoms with E-state index in [4.69, 9.17) is 0 Å². The summed E-state index contributed by atoms with van der Waals surface area (Å²) in [7, 11) is 0. The number of nitrogens with zero attached hydrogens (tertiary/aromatic N) is 3. The average Bonchev–Trinajstić information content (AvgIpc) is 3.14. The van der Waals surface area contributed by atoms with E-state index in [1.54, 1.807) is 6.07 Å². The van der Waals surface area contributed by atoms with Crippen molar-refractivity contribution in [2.24, 2.45) is 0 Å². The third-order valence-corrected chi connectivity index (χ3v) is 3.97. The Balaban J connectivity index is 1.79. The number of β-amino-alcohol motifs (C(OH)–C–C–N with tert-alkyl or cyclic N) is 1. The Morgan fingerprint density at radius 3 is 2.58 bits per heavy atom. The van der Waals surface area contributed by atoms with E-state index in [1.807, 2.05) is 0 Å². The summed E-state index contributed by atoms with van der Waals surface area (Å²) in [5.74, 6) is -1.29. The lowest BCUT2D eigenvalue weighted by Gasteiger charge is -2.25. The minimum Gasteiger partial charge on any atom is -0.379 e. The maximum atomic E-state index is 13.7. The van der Waals surface area contributed by atoms with Crippen LogP contribution < -0.4 is 0 Å². The van der Waals surface area contributed by atoms with Crippen molar-refractivity contribution in [2.45, 2.75) is 18.2 Å². The van der Waals surface area contributed by atoms with E-state index in [2.05, 4.69) is 5.10 Å². The molecule has 0 radical (unpaired) electrons. The Kier molecular flexibility index (Phi) is 3.83. The van der Waals surface area contributed by atoms with Gasteiger partial charge >= 0.3 is 6.18 Å². The molecule has 0 bridgehead atoms. The van der Waals surface area contributed by atoms with Gasteiger partial charge in [-0.2, -0.15) is 18.3 Å². The van der Waals surface area contributed by atoms with Gasteiger partial charge in [-0.15, -0.1) is 0 Å². The van der Waals surface area contributed by atoms with Gasteiger partial charge in [0, 0.05) is 19.2 Å². The highest BCUT2D eigenvalue weighted by atomic mass is 19.4. The van der Waals surface area contributed by atoms with Crippen LogP contribution in [-0.4, -0.2) is 50.6 Å². The van der Waals surface area contributed by atoms with Crippen LogP contribution in [0.2, 0.25) is 0 Å². The van der Waals surface area contributed by atoms with Crippen molar-refractivity contribution in [1.29, 1.82) is 0 Å². The second-order valence-electron chi connectivity index (χ2n) is 5.60. The summed E-state index contributed by atoms with van der Waals surface area (Å²) >= 11 is 0. The molecule has 1 aliphatic heterocycles. The Morgan fingerprint density at radius 1 is 1.25 bits per heavy atom. The van der Waals surface area contributed by atoms with E-state index in [1.165, 1.54) is 30.5 Å². The quantitative estimate of drug-likeness (QED) is 0.850. The molecule has 2 heterocycles. The monoisotopic (exact) mass is 343 g/mol. The molecule has 1 saturated heterocycles. The largest absolute Gasteiger partial charge is 0.419 e. The maximum absolute atomic E-state index is 13.7. The fourth-order valence-electron chi connectivity index (χ4n) is 2.57. The first kappa shape index (κ1) is 16.4. The summed E-state index contributed by atoms with van der Waals surface area (Å²) in [4.78, 5) is 13.2. The Hall–Kier alpha value is -2.42. The molecule has 1 aliphatic rings. The first-order chi connectivity index (χ1) is 11.2. The summed E-state index contributed by atoms with van der Waals surface area (Å²) < 4.78 is 53.3. The molecular formula is C15H13F4N3O2. The van der Waals surface area contributed by atoms with Gasteiger partial charge in [-0.05, 0) is 18.2 Å². The third-order valence-electron chi connectivity index (χ3n) is 3.97. The summed E-state index contributed by atoms with van der Waals surface area (Å²) in [5.41, 5.74) is -2.91. The van der Waals surface area contributed by atoms with Crippen LogP contribution in [0.1, 0.15) is 16.9 Å². The van der Waals surface area contributed by atoms with Crippen molar-refractivity contribution in [3.63, 3.8) is 0 Å². The maximum Gasteiger partial charge on any atom is 0.419 e. The van der Waals surface area contributed by atoms with E-state index in [-0.39, 0.29) is 17.9 Å². The number of carbonyl (C=O) groups is 1. The van der Waals surface area contributed by atoms with E-state index in [9.17, 15) is 27.5 Å². The highest BCUT2D eigenvalue weighted by molar-refractivity contribution is 5.92. The highest BCUT2D eigenvalue weighted by Gasteiger charge is 2.57. The SMILES string of the molecule is O=C(c1ccn(-c2ccccc2F)n1)N1CC[C@@](O)(C(F)(F)F)C1. The van der Waals surface area contributed by atoms with Crippen LogP contribution in [0.5, 0.6) is 0 Å². The van der Waals surface area contributed by atoms with Gasteiger partial charge in [0.25, 0.3) is 5.91 Å². The van der Waals surface area contributed by atoms with Crippen LogP contribution in [-0.2, 0) is 0 Å². The number of para-hydroxylation sites is 1. The Labute approximate surface area is 134 Å². The molecule has 3 rings (SSSR count). The number of halogens is 4. The number of benzene rings is 1. The number of likely N-dealkylation sites (tertiary alicyclic amines) is 1.